The van der Waals surface area contributed by atoms with Gasteiger partial charge in [-0.25, -0.2) is 18.2 Å². The summed E-state index contributed by atoms with van der Waals surface area (Å²) in [4.78, 5) is 11.4. The van der Waals surface area contributed by atoms with E-state index in [0.717, 1.165) is 30.0 Å². The molecule has 5 nitrogen and oxygen atoms in total. The van der Waals surface area contributed by atoms with Crippen LogP contribution in [0.1, 0.15) is 24.5 Å². The highest BCUT2D eigenvalue weighted by atomic mass is 32.2. The number of amides is 1. The largest absolute Gasteiger partial charge is 0.493 e. The maximum absolute atomic E-state index is 14.4. The maximum Gasteiger partial charge on any atom is 0.241 e. The summed E-state index contributed by atoms with van der Waals surface area (Å²) in [5.41, 5.74) is 6.14. The molecule has 0 bridgehead atoms. The van der Waals surface area contributed by atoms with E-state index in [1.165, 1.54) is 30.1 Å². The van der Waals surface area contributed by atoms with E-state index in [-0.39, 0.29) is 23.1 Å². The summed E-state index contributed by atoms with van der Waals surface area (Å²) in [6.45, 7) is 1.85. The van der Waals surface area contributed by atoms with Crippen molar-refractivity contribution in [3.05, 3.63) is 65.0 Å². The molecule has 2 N–H and O–H groups in total. The van der Waals surface area contributed by atoms with Crippen LogP contribution in [-0.4, -0.2) is 29.1 Å². The number of nitrogens with two attached hydrogens (primary N) is 1. The van der Waals surface area contributed by atoms with Gasteiger partial charge < -0.3 is 10.5 Å². The quantitative estimate of drug-likeness (QED) is 0.823. The first-order chi connectivity index (χ1) is 13.9. The number of rotatable bonds is 3. The Morgan fingerprint density at radius 1 is 1.28 bits per heavy atom. The van der Waals surface area contributed by atoms with Gasteiger partial charge in [0.15, 0.2) is 4.87 Å². The zero-order valence-corrected chi connectivity index (χ0v) is 16.3. The molecule has 0 aliphatic carbocycles. The molecule has 2 aromatic carbocycles. The van der Waals surface area contributed by atoms with Gasteiger partial charge in [0.25, 0.3) is 0 Å². The van der Waals surface area contributed by atoms with Crippen molar-refractivity contribution in [1.82, 2.24) is 5.01 Å². The van der Waals surface area contributed by atoms with Gasteiger partial charge in [-0.1, -0.05) is 11.8 Å². The summed E-state index contributed by atoms with van der Waals surface area (Å²) in [5.74, 6) is -2.14. The van der Waals surface area contributed by atoms with Gasteiger partial charge in [0, 0.05) is 24.0 Å². The Kier molecular flexibility index (Phi) is 5.04. The Morgan fingerprint density at radius 3 is 2.72 bits per heavy atom. The van der Waals surface area contributed by atoms with Gasteiger partial charge in [0.2, 0.25) is 5.91 Å². The van der Waals surface area contributed by atoms with Crippen LogP contribution in [0, 0.1) is 23.4 Å². The minimum absolute atomic E-state index is 0.0610. The van der Waals surface area contributed by atoms with Crippen molar-refractivity contribution in [3.8, 4) is 5.75 Å². The molecule has 0 aromatic heterocycles. The number of hydrogen-bond donors (Lipinski definition) is 1. The van der Waals surface area contributed by atoms with Gasteiger partial charge in [-0.2, -0.15) is 5.10 Å². The Labute approximate surface area is 169 Å². The molecule has 0 unspecified atom stereocenters. The second-order valence-electron chi connectivity index (χ2n) is 6.88. The summed E-state index contributed by atoms with van der Waals surface area (Å²) < 4.78 is 48.2. The molecule has 152 valence electrons. The predicted octanol–water partition coefficient (Wildman–Crippen LogP) is 3.57. The minimum Gasteiger partial charge on any atom is -0.493 e. The number of ether oxygens (including phenoxy) is 1. The van der Waals surface area contributed by atoms with Crippen LogP contribution in [0.2, 0.25) is 0 Å². The van der Waals surface area contributed by atoms with E-state index in [1.807, 2.05) is 0 Å². The maximum atomic E-state index is 14.4. The Hall–Kier alpha value is -2.52. The third kappa shape index (κ3) is 3.18. The Bertz CT molecular complexity index is 1020. The molecule has 1 spiro atoms. The minimum atomic E-state index is -1.17. The zero-order chi connectivity index (χ0) is 20.8. The van der Waals surface area contributed by atoms with Crippen molar-refractivity contribution in [2.45, 2.75) is 18.2 Å². The molecule has 9 heteroatoms. The van der Waals surface area contributed by atoms with Gasteiger partial charge >= 0.3 is 0 Å². The third-order valence-electron chi connectivity index (χ3n) is 5.05. The van der Waals surface area contributed by atoms with Crippen LogP contribution < -0.4 is 10.5 Å². The third-order valence-corrected chi connectivity index (χ3v) is 6.58. The summed E-state index contributed by atoms with van der Waals surface area (Å²) in [6.07, 6.45) is 0.459. The normalized spacial score (nSPS) is 23.0. The van der Waals surface area contributed by atoms with Gasteiger partial charge in [0.05, 0.1) is 6.61 Å². The van der Waals surface area contributed by atoms with Crippen molar-refractivity contribution in [2.24, 2.45) is 16.8 Å². The summed E-state index contributed by atoms with van der Waals surface area (Å²) in [6, 6.07) is 7.09. The van der Waals surface area contributed by atoms with Crippen molar-refractivity contribution in [3.63, 3.8) is 0 Å². The fourth-order valence-corrected chi connectivity index (χ4v) is 5.35. The lowest BCUT2D eigenvalue weighted by Gasteiger charge is -2.45. The Morgan fingerprint density at radius 2 is 2.00 bits per heavy atom. The van der Waals surface area contributed by atoms with Crippen LogP contribution in [0.3, 0.4) is 0 Å². The molecular formula is C20H18F3N3O2S. The van der Waals surface area contributed by atoms with Gasteiger partial charge in [-0.15, -0.1) is 0 Å². The van der Waals surface area contributed by atoms with Crippen LogP contribution in [0.5, 0.6) is 5.75 Å². The Balaban J connectivity index is 1.91. The van der Waals surface area contributed by atoms with Gasteiger partial charge in [-0.05, 0) is 49.4 Å². The van der Waals surface area contributed by atoms with Crippen LogP contribution in [0.4, 0.5) is 13.2 Å². The molecule has 29 heavy (non-hydrogen) atoms. The van der Waals surface area contributed by atoms with E-state index in [2.05, 4.69) is 5.10 Å². The summed E-state index contributed by atoms with van der Waals surface area (Å²) >= 11 is 1.09. The van der Waals surface area contributed by atoms with Crippen LogP contribution in [0.25, 0.3) is 0 Å². The molecule has 2 aliphatic heterocycles. The standard InChI is InChI=1S/C20H18F3N3O2S/c1-11(27)26-20(29-19(25-26)15-8-13(21)2-4-17(15)23)12(6-7-24)10-28-18-5-3-14(22)9-16(18)20/h2-5,8-9,12H,6-7,10,24H2,1H3/t12-,20+/m1/s1. The highest BCUT2D eigenvalue weighted by molar-refractivity contribution is 8.15. The van der Waals surface area contributed by atoms with Crippen LogP contribution >= 0.6 is 11.8 Å². The molecule has 2 aliphatic rings. The molecule has 2 atom stereocenters. The van der Waals surface area contributed by atoms with Crippen molar-refractivity contribution in [1.29, 1.82) is 0 Å². The number of carbonyl (C=O) groups is 1. The van der Waals surface area contributed by atoms with E-state index in [9.17, 15) is 18.0 Å². The second-order valence-corrected chi connectivity index (χ2v) is 8.10. The molecule has 0 saturated heterocycles. The first-order valence-corrected chi connectivity index (χ1v) is 9.85. The molecule has 0 fully saturated rings. The average Bonchev–Trinajstić information content (AvgIpc) is 3.08. The molecule has 2 heterocycles. The van der Waals surface area contributed by atoms with E-state index in [0.29, 0.717) is 24.3 Å². The first-order valence-electron chi connectivity index (χ1n) is 9.03. The highest BCUT2D eigenvalue weighted by Crippen LogP contribution is 2.57. The topological polar surface area (TPSA) is 67.9 Å². The number of halogens is 3. The number of thioether (sulfide) groups is 1. The van der Waals surface area contributed by atoms with Crippen molar-refractivity contribution >= 4 is 22.7 Å². The lowest BCUT2D eigenvalue weighted by atomic mass is 9.86. The number of nitrogens with zero attached hydrogens (tertiary/aromatic N) is 2. The summed E-state index contributed by atoms with van der Waals surface area (Å²) in [7, 11) is 0. The number of hydrazone groups is 1. The van der Waals surface area contributed by atoms with E-state index >= 15 is 0 Å². The van der Waals surface area contributed by atoms with Crippen molar-refractivity contribution < 1.29 is 22.7 Å². The number of hydrogen-bond acceptors (Lipinski definition) is 5. The highest BCUT2D eigenvalue weighted by Gasteiger charge is 2.56. The number of carbonyl (C=O) groups excluding carboxylic acids is 1. The number of fused-ring (bicyclic) bond motifs is 2. The van der Waals surface area contributed by atoms with Crippen LogP contribution in [0.15, 0.2) is 41.5 Å². The molecule has 1 amide bonds. The van der Waals surface area contributed by atoms with Crippen molar-refractivity contribution in [2.75, 3.05) is 13.2 Å². The van der Waals surface area contributed by atoms with E-state index in [1.54, 1.807) is 0 Å². The van der Waals surface area contributed by atoms with E-state index < -0.39 is 28.2 Å². The second kappa shape index (κ2) is 7.38. The molecule has 0 saturated carbocycles. The lowest BCUT2D eigenvalue weighted by Crippen LogP contribution is -2.51. The molecule has 4 rings (SSSR count). The SMILES string of the molecule is CC(=O)N1N=C(c2cc(F)ccc2F)S[C@@]12c1cc(F)ccc1OC[C@H]2CCN. The van der Waals surface area contributed by atoms with Crippen LogP contribution in [-0.2, 0) is 9.67 Å². The fraction of sp³-hybridized carbons (Fsp3) is 0.300. The summed E-state index contributed by atoms with van der Waals surface area (Å²) in [5, 5.41) is 5.69. The lowest BCUT2D eigenvalue weighted by molar-refractivity contribution is -0.134. The number of benzene rings is 2. The monoisotopic (exact) mass is 421 g/mol. The predicted molar refractivity (Wildman–Crippen MR) is 104 cm³/mol. The molecule has 2 aromatic rings. The smallest absolute Gasteiger partial charge is 0.241 e. The molecule has 0 radical (unpaired) electrons. The molecular weight excluding hydrogens is 403 g/mol. The van der Waals surface area contributed by atoms with Gasteiger partial charge in [0.1, 0.15) is 28.2 Å². The average molecular weight is 421 g/mol. The zero-order valence-electron chi connectivity index (χ0n) is 15.5. The fourth-order valence-electron chi connectivity index (χ4n) is 3.79. The van der Waals surface area contributed by atoms with Gasteiger partial charge in [-0.3, -0.25) is 4.79 Å². The van der Waals surface area contributed by atoms with E-state index in [4.69, 9.17) is 10.5 Å². The first kappa shape index (κ1) is 19.8.